The second kappa shape index (κ2) is 7.13. The third kappa shape index (κ3) is 3.22. The fourth-order valence-corrected chi connectivity index (χ4v) is 3.98. The van der Waals surface area contributed by atoms with Crippen molar-refractivity contribution in [2.24, 2.45) is 0 Å². The summed E-state index contributed by atoms with van der Waals surface area (Å²) in [6.07, 6.45) is 4.84. The van der Waals surface area contributed by atoms with Crippen molar-refractivity contribution in [3.05, 3.63) is 69.9 Å². The maximum absolute atomic E-state index is 12.8. The molecule has 0 unspecified atom stereocenters. The summed E-state index contributed by atoms with van der Waals surface area (Å²) in [4.78, 5) is 22.1. The lowest BCUT2D eigenvalue weighted by atomic mass is 10.2. The molecule has 7 heteroatoms. The van der Waals surface area contributed by atoms with Gasteiger partial charge in [-0.3, -0.25) is 9.36 Å². The van der Waals surface area contributed by atoms with Crippen LogP contribution in [0.4, 0.5) is 0 Å². The van der Waals surface area contributed by atoms with Crippen LogP contribution < -0.4 is 5.56 Å². The van der Waals surface area contributed by atoms with Gasteiger partial charge in [0.05, 0.1) is 16.6 Å². The van der Waals surface area contributed by atoms with Crippen LogP contribution in [0.25, 0.3) is 16.6 Å². The summed E-state index contributed by atoms with van der Waals surface area (Å²) in [6, 6.07) is 11.1. The average molecular weight is 385 g/mol. The number of halogens is 1. The van der Waals surface area contributed by atoms with Crippen LogP contribution in [0.2, 0.25) is 5.02 Å². The number of nitrogens with zero attached hydrogens (tertiary/aromatic N) is 4. The smallest absolute Gasteiger partial charge is 0.262 e. The van der Waals surface area contributed by atoms with E-state index in [2.05, 4.69) is 11.9 Å². The molecule has 0 bridgehead atoms. The number of hydrogen-bond acceptors (Lipinski definition) is 4. The molecule has 0 saturated carbocycles. The molecule has 0 spiro atoms. The van der Waals surface area contributed by atoms with Crippen molar-refractivity contribution in [1.82, 2.24) is 18.9 Å². The zero-order valence-electron chi connectivity index (χ0n) is 14.2. The minimum Gasteiger partial charge on any atom is -0.307 e. The van der Waals surface area contributed by atoms with Crippen LogP contribution >= 0.6 is 23.4 Å². The molecule has 1 aromatic carbocycles. The van der Waals surface area contributed by atoms with Crippen molar-refractivity contribution in [3.8, 4) is 0 Å². The number of aromatic nitrogens is 4. The zero-order chi connectivity index (χ0) is 18.1. The van der Waals surface area contributed by atoms with Crippen molar-refractivity contribution in [2.75, 3.05) is 0 Å². The molecule has 0 aliphatic carbocycles. The normalized spacial score (nSPS) is 11.5. The van der Waals surface area contributed by atoms with Gasteiger partial charge >= 0.3 is 0 Å². The van der Waals surface area contributed by atoms with Gasteiger partial charge in [-0.15, -0.1) is 0 Å². The summed E-state index contributed by atoms with van der Waals surface area (Å²) in [5.74, 6) is 0.643. The van der Waals surface area contributed by atoms with E-state index in [-0.39, 0.29) is 5.56 Å². The molecule has 4 aromatic rings. The quantitative estimate of drug-likeness (QED) is 0.378. The standard InChI is InChI=1S/C19H17ClN4OS/c1-2-8-24-18(25)15-7-6-13(20)10-16(15)22-19(24)26-12-14-11-23-9-4-3-5-17(23)21-14/h3-7,9-11H,2,8,12H2,1H3. The number of fused-ring (bicyclic) bond motifs is 2. The van der Waals surface area contributed by atoms with Gasteiger partial charge in [-0.1, -0.05) is 36.4 Å². The van der Waals surface area contributed by atoms with Crippen molar-refractivity contribution in [3.63, 3.8) is 0 Å². The molecule has 0 aliphatic rings. The average Bonchev–Trinajstić information content (AvgIpc) is 3.05. The Bertz CT molecular complexity index is 1120. The second-order valence-corrected chi connectivity index (χ2v) is 7.38. The number of hydrogen-bond donors (Lipinski definition) is 0. The summed E-state index contributed by atoms with van der Waals surface area (Å²) in [7, 11) is 0. The first-order valence-electron chi connectivity index (χ1n) is 8.41. The Morgan fingerprint density at radius 3 is 2.88 bits per heavy atom. The van der Waals surface area contributed by atoms with Crippen LogP contribution in [0.1, 0.15) is 19.0 Å². The van der Waals surface area contributed by atoms with E-state index in [9.17, 15) is 4.79 Å². The third-order valence-electron chi connectivity index (χ3n) is 4.09. The molecule has 0 radical (unpaired) electrons. The van der Waals surface area contributed by atoms with Gasteiger partial charge in [-0.05, 0) is 36.8 Å². The topological polar surface area (TPSA) is 52.2 Å². The van der Waals surface area contributed by atoms with Crippen LogP contribution in [0, 0.1) is 0 Å². The summed E-state index contributed by atoms with van der Waals surface area (Å²) in [5, 5.41) is 1.87. The molecule has 0 atom stereocenters. The van der Waals surface area contributed by atoms with E-state index >= 15 is 0 Å². The predicted octanol–water partition coefficient (Wildman–Crippen LogP) is 4.40. The molecular formula is C19H17ClN4OS. The molecule has 132 valence electrons. The Hall–Kier alpha value is -2.31. The van der Waals surface area contributed by atoms with Gasteiger partial charge < -0.3 is 4.40 Å². The Balaban J connectivity index is 1.71. The first kappa shape index (κ1) is 17.1. The number of imidazole rings is 1. The molecule has 0 fully saturated rings. The van der Waals surface area contributed by atoms with Crippen LogP contribution in [-0.4, -0.2) is 18.9 Å². The zero-order valence-corrected chi connectivity index (χ0v) is 15.8. The summed E-state index contributed by atoms with van der Waals surface area (Å²) in [6.45, 7) is 2.69. The molecule has 3 heterocycles. The lowest BCUT2D eigenvalue weighted by molar-refractivity contribution is 0.584. The minimum atomic E-state index is -0.0222. The lowest BCUT2D eigenvalue weighted by Crippen LogP contribution is -2.23. The van der Waals surface area contributed by atoms with Crippen LogP contribution in [-0.2, 0) is 12.3 Å². The van der Waals surface area contributed by atoms with Gasteiger partial charge in [0.2, 0.25) is 0 Å². The van der Waals surface area contributed by atoms with Gasteiger partial charge in [-0.2, -0.15) is 0 Å². The number of rotatable bonds is 5. The molecule has 0 aliphatic heterocycles. The number of benzene rings is 1. The first-order chi connectivity index (χ1) is 12.7. The van der Waals surface area contributed by atoms with E-state index in [0.29, 0.717) is 33.4 Å². The second-order valence-electron chi connectivity index (χ2n) is 6.00. The molecular weight excluding hydrogens is 368 g/mol. The molecule has 4 rings (SSSR count). The van der Waals surface area contributed by atoms with Gasteiger partial charge in [0.25, 0.3) is 5.56 Å². The highest BCUT2D eigenvalue weighted by molar-refractivity contribution is 7.98. The Kier molecular flexibility index (Phi) is 4.70. The SMILES string of the molecule is CCCn1c(SCc2cn3ccccc3n2)nc2cc(Cl)ccc2c1=O. The Morgan fingerprint density at radius 1 is 1.19 bits per heavy atom. The Labute approximate surface area is 159 Å². The monoisotopic (exact) mass is 384 g/mol. The molecule has 5 nitrogen and oxygen atoms in total. The summed E-state index contributed by atoms with van der Waals surface area (Å²) >= 11 is 7.60. The van der Waals surface area contributed by atoms with Crippen LogP contribution in [0.15, 0.2) is 58.7 Å². The van der Waals surface area contributed by atoms with Crippen LogP contribution in [0.5, 0.6) is 0 Å². The van der Waals surface area contributed by atoms with Gasteiger partial charge in [0.1, 0.15) is 5.65 Å². The van der Waals surface area contributed by atoms with Gasteiger partial charge in [0.15, 0.2) is 5.16 Å². The molecule has 26 heavy (non-hydrogen) atoms. The van der Waals surface area contributed by atoms with Crippen molar-refractivity contribution in [2.45, 2.75) is 30.8 Å². The van der Waals surface area contributed by atoms with E-state index in [0.717, 1.165) is 17.8 Å². The van der Waals surface area contributed by atoms with Gasteiger partial charge in [0, 0.05) is 29.7 Å². The van der Waals surface area contributed by atoms with E-state index < -0.39 is 0 Å². The molecule has 0 amide bonds. The highest BCUT2D eigenvalue weighted by atomic mass is 35.5. The van der Waals surface area contributed by atoms with Crippen molar-refractivity contribution >= 4 is 39.9 Å². The molecule has 3 aromatic heterocycles. The number of pyridine rings is 1. The number of thioether (sulfide) groups is 1. The predicted molar refractivity (Wildman–Crippen MR) is 106 cm³/mol. The molecule has 0 saturated heterocycles. The maximum atomic E-state index is 12.8. The minimum absolute atomic E-state index is 0.0222. The highest BCUT2D eigenvalue weighted by Gasteiger charge is 2.12. The highest BCUT2D eigenvalue weighted by Crippen LogP contribution is 2.23. The summed E-state index contributed by atoms with van der Waals surface area (Å²) in [5.41, 5.74) is 2.47. The van der Waals surface area contributed by atoms with E-state index in [1.807, 2.05) is 35.0 Å². The van der Waals surface area contributed by atoms with Crippen molar-refractivity contribution < 1.29 is 0 Å². The Morgan fingerprint density at radius 2 is 2.08 bits per heavy atom. The van der Waals surface area contributed by atoms with Crippen molar-refractivity contribution in [1.29, 1.82) is 0 Å². The summed E-state index contributed by atoms with van der Waals surface area (Å²) < 4.78 is 3.74. The van der Waals surface area contributed by atoms with Gasteiger partial charge in [-0.25, -0.2) is 9.97 Å². The van der Waals surface area contributed by atoms with E-state index in [4.69, 9.17) is 16.6 Å². The molecule has 0 N–H and O–H groups in total. The van der Waals surface area contributed by atoms with E-state index in [1.54, 1.807) is 22.8 Å². The third-order valence-corrected chi connectivity index (χ3v) is 5.34. The fourth-order valence-electron chi connectivity index (χ4n) is 2.90. The maximum Gasteiger partial charge on any atom is 0.262 e. The van der Waals surface area contributed by atoms with E-state index in [1.165, 1.54) is 11.8 Å². The largest absolute Gasteiger partial charge is 0.307 e. The first-order valence-corrected chi connectivity index (χ1v) is 9.77. The fraction of sp³-hybridized carbons (Fsp3) is 0.211. The van der Waals surface area contributed by atoms with Crippen LogP contribution in [0.3, 0.4) is 0 Å². The lowest BCUT2D eigenvalue weighted by Gasteiger charge is -2.12.